The Bertz CT molecular complexity index is 546. The van der Waals surface area contributed by atoms with Crippen LogP contribution in [0.1, 0.15) is 24.4 Å². The highest BCUT2D eigenvalue weighted by molar-refractivity contribution is 5.82. The summed E-state index contributed by atoms with van der Waals surface area (Å²) in [6, 6.07) is 9.74. The molecule has 0 spiro atoms. The highest BCUT2D eigenvalue weighted by Crippen LogP contribution is 2.30. The van der Waals surface area contributed by atoms with Gasteiger partial charge in [0.15, 0.2) is 0 Å². The van der Waals surface area contributed by atoms with Crippen LogP contribution in [0.2, 0.25) is 0 Å². The number of nitrogens with one attached hydrogen (secondary N) is 3. The van der Waals surface area contributed by atoms with E-state index in [1.165, 1.54) is 5.56 Å². The van der Waals surface area contributed by atoms with E-state index in [0.717, 1.165) is 18.5 Å². The van der Waals surface area contributed by atoms with Crippen molar-refractivity contribution in [1.29, 1.82) is 0 Å². The molecule has 112 valence electrons. The second-order valence-electron chi connectivity index (χ2n) is 5.47. The number of aliphatic hydroxyl groups excluding tert-OH is 1. The van der Waals surface area contributed by atoms with Gasteiger partial charge >= 0.3 is 0 Å². The van der Waals surface area contributed by atoms with Gasteiger partial charge in [-0.15, -0.1) is 0 Å². The molecule has 2 aliphatic heterocycles. The molecule has 0 aromatic heterocycles. The molecule has 0 radical (unpaired) electrons. The zero-order valence-corrected chi connectivity index (χ0v) is 11.5. The van der Waals surface area contributed by atoms with Crippen LogP contribution in [0.15, 0.2) is 42.1 Å². The van der Waals surface area contributed by atoms with Crippen molar-refractivity contribution in [2.75, 3.05) is 0 Å². The van der Waals surface area contributed by atoms with Gasteiger partial charge < -0.3 is 15.7 Å². The smallest absolute Gasteiger partial charge is 0.268 e. The van der Waals surface area contributed by atoms with Gasteiger partial charge in [-0.25, -0.2) is 5.48 Å². The molecule has 2 aliphatic rings. The van der Waals surface area contributed by atoms with Crippen molar-refractivity contribution in [3.8, 4) is 0 Å². The zero-order valence-electron chi connectivity index (χ0n) is 11.5. The number of carbonyl (C=O) groups is 1. The summed E-state index contributed by atoms with van der Waals surface area (Å²) in [7, 11) is 0. The lowest BCUT2D eigenvalue weighted by atomic mass is 10.1. The first-order valence-electron chi connectivity index (χ1n) is 7.10. The van der Waals surface area contributed by atoms with Crippen molar-refractivity contribution in [2.24, 2.45) is 0 Å². The van der Waals surface area contributed by atoms with Crippen molar-refractivity contribution in [3.05, 3.63) is 47.7 Å². The quantitative estimate of drug-likeness (QED) is 0.405. The molecule has 0 saturated carbocycles. The molecule has 1 fully saturated rings. The lowest BCUT2D eigenvalue weighted by molar-refractivity contribution is -0.132. The van der Waals surface area contributed by atoms with Crippen LogP contribution in [0.5, 0.6) is 0 Å². The van der Waals surface area contributed by atoms with Gasteiger partial charge in [0.2, 0.25) is 0 Å². The molecule has 3 rings (SSSR count). The number of benzene rings is 1. The predicted molar refractivity (Wildman–Crippen MR) is 76.3 cm³/mol. The molecule has 1 aromatic carbocycles. The first-order chi connectivity index (χ1) is 10.2. The van der Waals surface area contributed by atoms with E-state index in [2.05, 4.69) is 22.8 Å². The van der Waals surface area contributed by atoms with Gasteiger partial charge in [-0.1, -0.05) is 30.3 Å². The minimum absolute atomic E-state index is 0.0846. The third-order valence-corrected chi connectivity index (χ3v) is 4.13. The minimum atomic E-state index is -0.926. The normalized spacial score (nSPS) is 31.6. The second-order valence-corrected chi connectivity index (χ2v) is 5.47. The summed E-state index contributed by atoms with van der Waals surface area (Å²) in [4.78, 5) is 11.4. The molecule has 0 bridgehead atoms. The molecule has 6 heteroatoms. The van der Waals surface area contributed by atoms with E-state index in [1.807, 2.05) is 18.2 Å². The van der Waals surface area contributed by atoms with Gasteiger partial charge in [-0.3, -0.25) is 10.0 Å². The summed E-state index contributed by atoms with van der Waals surface area (Å²) in [5, 5.41) is 25.0. The van der Waals surface area contributed by atoms with Gasteiger partial charge in [0, 0.05) is 17.8 Å². The fourth-order valence-corrected chi connectivity index (χ4v) is 3.04. The van der Waals surface area contributed by atoms with E-state index < -0.39 is 18.1 Å². The van der Waals surface area contributed by atoms with Gasteiger partial charge in [-0.05, 0) is 24.5 Å². The summed E-state index contributed by atoms with van der Waals surface area (Å²) in [6.45, 7) is 0. The van der Waals surface area contributed by atoms with Crippen LogP contribution in [0.4, 0.5) is 0 Å². The van der Waals surface area contributed by atoms with Crippen LogP contribution < -0.4 is 16.1 Å². The zero-order chi connectivity index (χ0) is 14.8. The second kappa shape index (κ2) is 5.85. The number of carbonyl (C=O) groups excluding carboxylic acids is 1. The summed E-state index contributed by atoms with van der Waals surface area (Å²) in [5.74, 6) is -0.633. The van der Waals surface area contributed by atoms with E-state index >= 15 is 0 Å². The van der Waals surface area contributed by atoms with E-state index in [1.54, 1.807) is 11.6 Å². The molecule has 4 atom stereocenters. The first-order valence-corrected chi connectivity index (χ1v) is 7.10. The summed E-state index contributed by atoms with van der Waals surface area (Å²) < 4.78 is 0. The monoisotopic (exact) mass is 289 g/mol. The Balaban J connectivity index is 1.65. The third-order valence-electron chi connectivity index (χ3n) is 4.13. The van der Waals surface area contributed by atoms with Crippen LogP contribution in [-0.4, -0.2) is 34.4 Å². The fraction of sp³-hybridized carbons (Fsp3) is 0.400. The van der Waals surface area contributed by atoms with E-state index in [4.69, 9.17) is 5.21 Å². The van der Waals surface area contributed by atoms with Crippen LogP contribution in [0, 0.1) is 0 Å². The average molecular weight is 289 g/mol. The van der Waals surface area contributed by atoms with Crippen molar-refractivity contribution >= 4 is 5.91 Å². The lowest BCUT2D eigenvalue weighted by Gasteiger charge is -2.19. The van der Waals surface area contributed by atoms with Gasteiger partial charge in [-0.2, -0.15) is 0 Å². The predicted octanol–water partition coefficient (Wildman–Crippen LogP) is 0.202. The van der Waals surface area contributed by atoms with E-state index in [-0.39, 0.29) is 12.1 Å². The summed E-state index contributed by atoms with van der Waals surface area (Å²) >= 11 is 0. The molecular formula is C15H19N3O3. The Hall–Kier alpha value is -1.89. The molecule has 6 nitrogen and oxygen atoms in total. The van der Waals surface area contributed by atoms with Crippen LogP contribution in [0.3, 0.4) is 0 Å². The Morgan fingerprint density at radius 3 is 2.62 bits per heavy atom. The van der Waals surface area contributed by atoms with Crippen molar-refractivity contribution in [2.45, 2.75) is 37.1 Å². The van der Waals surface area contributed by atoms with Gasteiger partial charge in [0.05, 0.1) is 0 Å². The minimum Gasteiger partial charge on any atom is -0.386 e. The highest BCUT2D eigenvalue weighted by Gasteiger charge is 2.36. The van der Waals surface area contributed by atoms with Gasteiger partial charge in [0.1, 0.15) is 12.1 Å². The van der Waals surface area contributed by atoms with Crippen molar-refractivity contribution in [1.82, 2.24) is 16.1 Å². The maximum Gasteiger partial charge on any atom is 0.268 e. The van der Waals surface area contributed by atoms with Crippen LogP contribution in [-0.2, 0) is 4.79 Å². The number of hydrogen-bond acceptors (Lipinski definition) is 5. The topological polar surface area (TPSA) is 93.6 Å². The molecule has 1 amide bonds. The van der Waals surface area contributed by atoms with E-state index in [0.29, 0.717) is 0 Å². The highest BCUT2D eigenvalue weighted by atomic mass is 16.5. The molecule has 0 aliphatic carbocycles. The average Bonchev–Trinajstić information content (AvgIpc) is 3.14. The number of rotatable bonds is 3. The maximum absolute atomic E-state index is 11.4. The Kier molecular flexibility index (Phi) is 3.92. The Morgan fingerprint density at radius 2 is 1.90 bits per heavy atom. The largest absolute Gasteiger partial charge is 0.386 e. The maximum atomic E-state index is 11.4. The number of hydrogen-bond donors (Lipinski definition) is 5. The number of aliphatic hydroxyl groups is 1. The van der Waals surface area contributed by atoms with Crippen molar-refractivity contribution in [3.63, 3.8) is 0 Å². The molecular weight excluding hydrogens is 270 g/mol. The van der Waals surface area contributed by atoms with Crippen molar-refractivity contribution < 1.29 is 15.1 Å². The summed E-state index contributed by atoms with van der Waals surface area (Å²) in [6.07, 6.45) is 2.65. The lowest BCUT2D eigenvalue weighted by Crippen LogP contribution is -2.47. The molecule has 1 aromatic rings. The number of hydroxylamine groups is 1. The van der Waals surface area contributed by atoms with E-state index in [9.17, 15) is 9.90 Å². The van der Waals surface area contributed by atoms with Crippen LogP contribution in [0.25, 0.3) is 0 Å². The molecule has 5 N–H and O–H groups in total. The van der Waals surface area contributed by atoms with Gasteiger partial charge in [0.25, 0.3) is 5.91 Å². The molecule has 21 heavy (non-hydrogen) atoms. The standard InChI is InChI=1S/C15H19N3O3/c19-13-8-12(17-14(13)15(20)18-21)11-7-6-10(16-11)9-4-2-1-3-5-9/h1-5,8,10-11,13-14,16-17,19,21H,6-7H2,(H,18,20)/t10-,11+,13-,14+/m1/s1. The SMILES string of the molecule is O=C(NO)[C@H]1NC([C@@H]2CC[C@H](c3ccccc3)N2)=C[C@H]1O. The Morgan fingerprint density at radius 1 is 1.19 bits per heavy atom. The molecule has 1 saturated heterocycles. The fourth-order valence-electron chi connectivity index (χ4n) is 3.04. The van der Waals surface area contributed by atoms with Crippen LogP contribution >= 0.6 is 0 Å². The Labute approximate surface area is 122 Å². The molecule has 0 unspecified atom stereocenters. The third kappa shape index (κ3) is 2.78. The summed E-state index contributed by atoms with van der Waals surface area (Å²) in [5.41, 5.74) is 3.62. The number of amides is 1. The molecule has 2 heterocycles. The first kappa shape index (κ1) is 14.1.